The van der Waals surface area contributed by atoms with E-state index in [2.05, 4.69) is 15.5 Å². The minimum atomic E-state index is -0.116. The standard InChI is InChI=1S/C19H33N5O3/c1-13(2)17-21-16(22-27-17)8-10-23(5)19(26)20-11-15-7-6-9-24(12-15)18(25)14(3)4/h13-15H,6-12H2,1-5H3,(H,20,26). The number of urea groups is 1. The van der Waals surface area contributed by atoms with Crippen LogP contribution in [0, 0.1) is 11.8 Å². The molecule has 1 aliphatic rings. The van der Waals surface area contributed by atoms with E-state index in [1.807, 2.05) is 32.6 Å². The lowest BCUT2D eigenvalue weighted by atomic mass is 9.97. The number of hydrogen-bond acceptors (Lipinski definition) is 5. The van der Waals surface area contributed by atoms with Gasteiger partial charge in [-0.15, -0.1) is 0 Å². The number of amides is 3. The average molecular weight is 380 g/mol. The van der Waals surface area contributed by atoms with E-state index in [4.69, 9.17) is 4.52 Å². The van der Waals surface area contributed by atoms with Crippen molar-refractivity contribution in [2.75, 3.05) is 33.2 Å². The topological polar surface area (TPSA) is 91.6 Å². The van der Waals surface area contributed by atoms with E-state index in [0.29, 0.717) is 37.1 Å². The molecule has 1 N–H and O–H groups in total. The molecule has 8 heteroatoms. The van der Waals surface area contributed by atoms with Gasteiger partial charge in [-0.1, -0.05) is 32.9 Å². The maximum Gasteiger partial charge on any atom is 0.317 e. The highest BCUT2D eigenvalue weighted by atomic mass is 16.5. The van der Waals surface area contributed by atoms with Crippen LogP contribution in [0.4, 0.5) is 4.79 Å². The lowest BCUT2D eigenvalue weighted by Gasteiger charge is -2.34. The second-order valence-electron chi connectivity index (χ2n) is 8.01. The predicted molar refractivity (Wildman–Crippen MR) is 102 cm³/mol. The third kappa shape index (κ3) is 6.22. The summed E-state index contributed by atoms with van der Waals surface area (Å²) in [5.41, 5.74) is 0. The van der Waals surface area contributed by atoms with Crippen molar-refractivity contribution in [3.05, 3.63) is 11.7 Å². The van der Waals surface area contributed by atoms with Crippen molar-refractivity contribution in [1.82, 2.24) is 25.3 Å². The summed E-state index contributed by atoms with van der Waals surface area (Å²) >= 11 is 0. The molecule has 1 atom stereocenters. The molecular formula is C19H33N5O3. The summed E-state index contributed by atoms with van der Waals surface area (Å²) in [7, 11) is 1.76. The van der Waals surface area contributed by atoms with Crippen molar-refractivity contribution < 1.29 is 14.1 Å². The van der Waals surface area contributed by atoms with Gasteiger partial charge in [0.05, 0.1) is 0 Å². The van der Waals surface area contributed by atoms with Gasteiger partial charge in [0.1, 0.15) is 0 Å². The fourth-order valence-electron chi connectivity index (χ4n) is 3.14. The van der Waals surface area contributed by atoms with Crippen molar-refractivity contribution in [3.63, 3.8) is 0 Å². The molecule has 8 nitrogen and oxygen atoms in total. The lowest BCUT2D eigenvalue weighted by Crippen LogP contribution is -2.47. The molecule has 1 aliphatic heterocycles. The zero-order valence-electron chi connectivity index (χ0n) is 17.2. The summed E-state index contributed by atoms with van der Waals surface area (Å²) in [5, 5.41) is 6.93. The Morgan fingerprint density at radius 3 is 2.70 bits per heavy atom. The molecule has 0 radical (unpaired) electrons. The first kappa shape index (κ1) is 21.2. The summed E-state index contributed by atoms with van der Waals surface area (Å²) < 4.78 is 5.18. The van der Waals surface area contributed by atoms with Gasteiger partial charge in [0.2, 0.25) is 11.8 Å². The van der Waals surface area contributed by atoms with Crippen LogP contribution in [0.1, 0.15) is 58.2 Å². The molecule has 0 saturated carbocycles. The Morgan fingerprint density at radius 2 is 2.07 bits per heavy atom. The molecule has 1 saturated heterocycles. The first-order valence-corrected chi connectivity index (χ1v) is 9.88. The Labute approximate surface area is 161 Å². The van der Waals surface area contributed by atoms with Crippen LogP contribution in [0.2, 0.25) is 0 Å². The Balaban J connectivity index is 1.73. The van der Waals surface area contributed by atoms with E-state index in [1.54, 1.807) is 11.9 Å². The summed E-state index contributed by atoms with van der Waals surface area (Å²) in [6.07, 6.45) is 2.58. The molecular weight excluding hydrogens is 346 g/mol. The number of aromatic nitrogens is 2. The van der Waals surface area contributed by atoms with Gasteiger partial charge in [0, 0.05) is 51.5 Å². The van der Waals surface area contributed by atoms with E-state index >= 15 is 0 Å². The quantitative estimate of drug-likeness (QED) is 0.785. The zero-order chi connectivity index (χ0) is 20.0. The number of carbonyl (C=O) groups is 2. The average Bonchev–Trinajstić information content (AvgIpc) is 3.13. The Morgan fingerprint density at radius 1 is 1.33 bits per heavy atom. The van der Waals surface area contributed by atoms with E-state index in [-0.39, 0.29) is 23.8 Å². The molecule has 0 aromatic carbocycles. The molecule has 1 unspecified atom stereocenters. The van der Waals surface area contributed by atoms with Crippen molar-refractivity contribution in [2.24, 2.45) is 11.8 Å². The van der Waals surface area contributed by atoms with Crippen LogP contribution >= 0.6 is 0 Å². The number of piperidine rings is 1. The van der Waals surface area contributed by atoms with Crippen molar-refractivity contribution in [3.8, 4) is 0 Å². The molecule has 1 aromatic heterocycles. The number of likely N-dealkylation sites (tertiary alicyclic amines) is 1. The van der Waals surface area contributed by atoms with Crippen LogP contribution in [0.3, 0.4) is 0 Å². The van der Waals surface area contributed by atoms with Gasteiger partial charge < -0.3 is 19.6 Å². The number of carbonyl (C=O) groups excluding carboxylic acids is 2. The number of hydrogen-bond donors (Lipinski definition) is 1. The van der Waals surface area contributed by atoms with Gasteiger partial charge in [-0.05, 0) is 18.8 Å². The molecule has 0 spiro atoms. The monoisotopic (exact) mass is 379 g/mol. The third-order valence-corrected chi connectivity index (χ3v) is 4.86. The summed E-state index contributed by atoms with van der Waals surface area (Å²) in [5.74, 6) is 1.97. The van der Waals surface area contributed by atoms with Gasteiger partial charge >= 0.3 is 6.03 Å². The molecule has 0 bridgehead atoms. The van der Waals surface area contributed by atoms with Crippen molar-refractivity contribution >= 4 is 11.9 Å². The Hall–Kier alpha value is -2.12. The summed E-state index contributed by atoms with van der Waals surface area (Å²) in [4.78, 5) is 32.4. The first-order valence-electron chi connectivity index (χ1n) is 9.88. The van der Waals surface area contributed by atoms with Crippen molar-refractivity contribution in [2.45, 2.75) is 52.9 Å². The lowest BCUT2D eigenvalue weighted by molar-refractivity contribution is -0.136. The predicted octanol–water partition coefficient (Wildman–Crippen LogP) is 2.27. The van der Waals surface area contributed by atoms with E-state index < -0.39 is 0 Å². The number of rotatable bonds is 7. The van der Waals surface area contributed by atoms with Crippen LogP contribution < -0.4 is 5.32 Å². The normalized spacial score (nSPS) is 17.4. The molecule has 2 heterocycles. The molecule has 2 rings (SSSR count). The maximum atomic E-state index is 12.3. The van der Waals surface area contributed by atoms with Gasteiger partial charge in [0.15, 0.2) is 5.82 Å². The Kier molecular flexibility index (Phi) is 7.62. The molecule has 0 aliphatic carbocycles. The molecule has 1 aromatic rings. The van der Waals surface area contributed by atoms with E-state index in [1.165, 1.54) is 0 Å². The van der Waals surface area contributed by atoms with Gasteiger partial charge in [-0.2, -0.15) is 4.98 Å². The highest BCUT2D eigenvalue weighted by Crippen LogP contribution is 2.18. The molecule has 1 fully saturated rings. The SMILES string of the molecule is CC(C)C(=O)N1CCCC(CNC(=O)N(C)CCc2noc(C(C)C)n2)C1. The molecule has 3 amide bonds. The van der Waals surface area contributed by atoms with Crippen LogP contribution in [0.15, 0.2) is 4.52 Å². The minimum Gasteiger partial charge on any atom is -0.342 e. The van der Waals surface area contributed by atoms with Gasteiger partial charge in [-0.3, -0.25) is 4.79 Å². The fraction of sp³-hybridized carbons (Fsp3) is 0.789. The van der Waals surface area contributed by atoms with Crippen LogP contribution in [0.25, 0.3) is 0 Å². The third-order valence-electron chi connectivity index (χ3n) is 4.86. The van der Waals surface area contributed by atoms with E-state index in [0.717, 1.165) is 25.9 Å². The van der Waals surface area contributed by atoms with Gasteiger partial charge in [0.25, 0.3) is 0 Å². The maximum absolute atomic E-state index is 12.3. The Bertz CT molecular complexity index is 629. The highest BCUT2D eigenvalue weighted by molar-refractivity contribution is 5.78. The highest BCUT2D eigenvalue weighted by Gasteiger charge is 2.25. The number of nitrogens with zero attached hydrogens (tertiary/aromatic N) is 4. The molecule has 152 valence electrons. The number of nitrogens with one attached hydrogen (secondary N) is 1. The van der Waals surface area contributed by atoms with Gasteiger partial charge in [-0.25, -0.2) is 4.79 Å². The second kappa shape index (κ2) is 9.71. The fourth-order valence-corrected chi connectivity index (χ4v) is 3.14. The van der Waals surface area contributed by atoms with Crippen LogP contribution in [0.5, 0.6) is 0 Å². The number of likely N-dealkylation sites (N-methyl/N-ethyl adjacent to an activating group) is 1. The summed E-state index contributed by atoms with van der Waals surface area (Å²) in [6.45, 7) is 10.5. The minimum absolute atomic E-state index is 0.0193. The van der Waals surface area contributed by atoms with Crippen molar-refractivity contribution in [1.29, 1.82) is 0 Å². The van der Waals surface area contributed by atoms with Crippen LogP contribution in [-0.4, -0.2) is 65.1 Å². The zero-order valence-corrected chi connectivity index (χ0v) is 17.2. The van der Waals surface area contributed by atoms with Crippen LogP contribution in [-0.2, 0) is 11.2 Å². The first-order chi connectivity index (χ1) is 12.8. The molecule has 27 heavy (non-hydrogen) atoms. The largest absolute Gasteiger partial charge is 0.342 e. The summed E-state index contributed by atoms with van der Waals surface area (Å²) in [6, 6.07) is -0.116. The second-order valence-corrected chi connectivity index (χ2v) is 8.01. The van der Waals surface area contributed by atoms with E-state index in [9.17, 15) is 9.59 Å². The smallest absolute Gasteiger partial charge is 0.317 e.